The van der Waals surface area contributed by atoms with Crippen molar-refractivity contribution in [3.05, 3.63) is 12.2 Å². The number of hydrogen-bond donors (Lipinski definition) is 2. The van der Waals surface area contributed by atoms with Crippen LogP contribution >= 0.6 is 0 Å². The molecule has 2 N–H and O–H groups in total. The predicted octanol–water partition coefficient (Wildman–Crippen LogP) is 0.152. The van der Waals surface area contributed by atoms with E-state index in [2.05, 4.69) is 11.9 Å². The van der Waals surface area contributed by atoms with Gasteiger partial charge < -0.3 is 10.4 Å². The summed E-state index contributed by atoms with van der Waals surface area (Å²) in [6.07, 6.45) is 0. The van der Waals surface area contributed by atoms with E-state index in [9.17, 15) is 9.59 Å². The molecule has 0 heterocycles. The largest absolute Gasteiger partial charge is 0.479 e. The molecule has 0 saturated heterocycles. The molecule has 0 aromatic rings. The first-order valence-electron chi connectivity index (χ1n) is 3.10. The fourth-order valence-electron chi connectivity index (χ4n) is 0.599. The van der Waals surface area contributed by atoms with Gasteiger partial charge in [-0.3, -0.25) is 4.79 Å². The minimum Gasteiger partial charge on any atom is -0.479 e. The van der Waals surface area contributed by atoms with Crippen LogP contribution in [0.5, 0.6) is 0 Å². The van der Waals surface area contributed by atoms with Crippen LogP contribution in [0.1, 0.15) is 13.8 Å². The highest BCUT2D eigenvalue weighted by atomic mass is 16.4. The van der Waals surface area contributed by atoms with Crippen molar-refractivity contribution in [3.63, 3.8) is 0 Å². The first kappa shape index (κ1) is 9.68. The van der Waals surface area contributed by atoms with E-state index >= 15 is 0 Å². The van der Waals surface area contributed by atoms with Gasteiger partial charge in [-0.1, -0.05) is 6.58 Å². The Hall–Kier alpha value is -1.32. The smallest absolute Gasteiger partial charge is 0.330 e. The molecule has 0 aliphatic rings. The molecule has 1 amide bonds. The molecule has 0 aliphatic carbocycles. The monoisotopic (exact) mass is 157 g/mol. The Bertz CT molecular complexity index is 184. The van der Waals surface area contributed by atoms with Crippen molar-refractivity contribution in [2.45, 2.75) is 19.9 Å². The van der Waals surface area contributed by atoms with Crippen molar-refractivity contribution in [2.24, 2.45) is 0 Å². The third-order valence-corrected chi connectivity index (χ3v) is 1.09. The summed E-state index contributed by atoms with van der Waals surface area (Å²) in [6.45, 7) is 6.25. The first-order valence-corrected chi connectivity index (χ1v) is 3.10. The van der Waals surface area contributed by atoms with Gasteiger partial charge in [-0.2, -0.15) is 0 Å². The molecule has 11 heavy (non-hydrogen) atoms. The lowest BCUT2D eigenvalue weighted by Gasteiger charge is -2.11. The molecule has 0 aromatic heterocycles. The van der Waals surface area contributed by atoms with Gasteiger partial charge in [-0.05, 0) is 12.5 Å². The minimum absolute atomic E-state index is 0.375. The van der Waals surface area contributed by atoms with Crippen molar-refractivity contribution < 1.29 is 14.7 Å². The summed E-state index contributed by atoms with van der Waals surface area (Å²) in [7, 11) is 0. The van der Waals surface area contributed by atoms with Crippen LogP contribution in [-0.4, -0.2) is 23.0 Å². The van der Waals surface area contributed by atoms with Crippen LogP contribution in [0, 0.1) is 0 Å². The number of aliphatic carboxylic acids is 1. The van der Waals surface area contributed by atoms with Gasteiger partial charge in [-0.25, -0.2) is 4.79 Å². The van der Waals surface area contributed by atoms with Crippen molar-refractivity contribution >= 4 is 11.9 Å². The number of carbonyl (C=O) groups is 2. The SMILES string of the molecule is C=C(C)C(NC(C)=O)C(=O)O. The van der Waals surface area contributed by atoms with Gasteiger partial charge >= 0.3 is 5.97 Å². The van der Waals surface area contributed by atoms with Gasteiger partial charge in [0.15, 0.2) is 0 Å². The van der Waals surface area contributed by atoms with E-state index in [-0.39, 0.29) is 5.91 Å². The Balaban J connectivity index is 4.23. The summed E-state index contributed by atoms with van der Waals surface area (Å²) in [5.74, 6) is -1.46. The molecule has 0 aliphatic heterocycles. The normalized spacial score (nSPS) is 11.8. The predicted molar refractivity (Wildman–Crippen MR) is 40.1 cm³/mol. The van der Waals surface area contributed by atoms with E-state index in [0.29, 0.717) is 5.57 Å². The van der Waals surface area contributed by atoms with Gasteiger partial charge in [0.1, 0.15) is 6.04 Å². The fourth-order valence-corrected chi connectivity index (χ4v) is 0.599. The molecule has 0 fully saturated rings. The van der Waals surface area contributed by atoms with E-state index in [0.717, 1.165) is 0 Å². The van der Waals surface area contributed by atoms with E-state index in [1.165, 1.54) is 6.92 Å². The number of nitrogens with one attached hydrogen (secondary N) is 1. The zero-order valence-electron chi connectivity index (χ0n) is 6.55. The Kier molecular flexibility index (Phi) is 3.30. The van der Waals surface area contributed by atoms with Gasteiger partial charge in [0, 0.05) is 6.92 Å². The third-order valence-electron chi connectivity index (χ3n) is 1.09. The number of carbonyl (C=O) groups excluding carboxylic acids is 1. The second-order valence-corrected chi connectivity index (χ2v) is 2.32. The fraction of sp³-hybridized carbons (Fsp3) is 0.429. The van der Waals surface area contributed by atoms with Gasteiger partial charge in [0.05, 0.1) is 0 Å². The maximum atomic E-state index is 10.4. The third kappa shape index (κ3) is 3.40. The highest BCUT2D eigenvalue weighted by Crippen LogP contribution is 1.97. The number of carboxylic acid groups (broad SMARTS) is 1. The number of amides is 1. The first-order chi connectivity index (χ1) is 4.95. The lowest BCUT2D eigenvalue weighted by Crippen LogP contribution is -2.40. The molecular weight excluding hydrogens is 146 g/mol. The van der Waals surface area contributed by atoms with Crippen molar-refractivity contribution in [2.75, 3.05) is 0 Å². The molecule has 0 radical (unpaired) electrons. The van der Waals surface area contributed by atoms with Crippen molar-refractivity contribution in [3.8, 4) is 0 Å². The Morgan fingerprint density at radius 3 is 2.00 bits per heavy atom. The highest BCUT2D eigenvalue weighted by molar-refractivity contribution is 5.84. The molecule has 1 atom stereocenters. The quantitative estimate of drug-likeness (QED) is 0.573. The zero-order chi connectivity index (χ0) is 9.02. The van der Waals surface area contributed by atoms with Crippen LogP contribution < -0.4 is 5.32 Å². The highest BCUT2D eigenvalue weighted by Gasteiger charge is 2.17. The Morgan fingerprint density at radius 1 is 1.45 bits per heavy atom. The standard InChI is InChI=1S/C7H11NO3/c1-4(2)6(7(10)11)8-5(3)9/h6H,1H2,2-3H3,(H,8,9)(H,10,11). The van der Waals surface area contributed by atoms with E-state index in [4.69, 9.17) is 5.11 Å². The molecular formula is C7H11NO3. The number of hydrogen-bond acceptors (Lipinski definition) is 2. The summed E-state index contributed by atoms with van der Waals surface area (Å²) in [6, 6.07) is -0.965. The van der Waals surface area contributed by atoms with Crippen LogP contribution in [0.4, 0.5) is 0 Å². The summed E-state index contributed by atoms with van der Waals surface area (Å²) in [5.41, 5.74) is 0.410. The van der Waals surface area contributed by atoms with Crippen molar-refractivity contribution in [1.82, 2.24) is 5.32 Å². The maximum Gasteiger partial charge on any atom is 0.330 e. The van der Waals surface area contributed by atoms with Crippen molar-refractivity contribution in [1.29, 1.82) is 0 Å². The maximum absolute atomic E-state index is 10.4. The van der Waals surface area contributed by atoms with Gasteiger partial charge in [0.2, 0.25) is 5.91 Å². The number of rotatable bonds is 3. The van der Waals surface area contributed by atoms with Crippen LogP contribution in [-0.2, 0) is 9.59 Å². The average Bonchev–Trinajstić information content (AvgIpc) is 1.81. The zero-order valence-corrected chi connectivity index (χ0v) is 6.55. The van der Waals surface area contributed by atoms with E-state index in [1.54, 1.807) is 6.92 Å². The van der Waals surface area contributed by atoms with Crippen LogP contribution in [0.25, 0.3) is 0 Å². The van der Waals surface area contributed by atoms with Gasteiger partial charge in [0.25, 0.3) is 0 Å². The van der Waals surface area contributed by atoms with Crippen LogP contribution in [0.3, 0.4) is 0 Å². The molecule has 0 rings (SSSR count). The molecule has 0 saturated carbocycles. The molecule has 1 unspecified atom stereocenters. The molecule has 0 aromatic carbocycles. The van der Waals surface area contributed by atoms with Crippen LogP contribution in [0.2, 0.25) is 0 Å². The lowest BCUT2D eigenvalue weighted by molar-refractivity contribution is -0.140. The summed E-state index contributed by atoms with van der Waals surface area (Å²) < 4.78 is 0. The van der Waals surface area contributed by atoms with E-state index in [1.807, 2.05) is 0 Å². The summed E-state index contributed by atoms with van der Waals surface area (Å²) >= 11 is 0. The second-order valence-electron chi connectivity index (χ2n) is 2.32. The topological polar surface area (TPSA) is 66.4 Å². The lowest BCUT2D eigenvalue weighted by atomic mass is 10.1. The molecule has 0 bridgehead atoms. The summed E-state index contributed by atoms with van der Waals surface area (Å²) in [5, 5.41) is 10.8. The summed E-state index contributed by atoms with van der Waals surface area (Å²) in [4.78, 5) is 20.8. The minimum atomic E-state index is -1.09. The Labute approximate surface area is 64.9 Å². The molecule has 4 nitrogen and oxygen atoms in total. The van der Waals surface area contributed by atoms with Crippen LogP contribution in [0.15, 0.2) is 12.2 Å². The van der Waals surface area contributed by atoms with Gasteiger partial charge in [-0.15, -0.1) is 0 Å². The molecule has 62 valence electrons. The second kappa shape index (κ2) is 3.75. The number of carboxylic acids is 1. The molecule has 4 heteroatoms. The Morgan fingerprint density at radius 2 is 1.91 bits per heavy atom. The molecule has 0 spiro atoms. The average molecular weight is 157 g/mol. The van der Waals surface area contributed by atoms with E-state index < -0.39 is 12.0 Å².